The molecule has 0 radical (unpaired) electrons. The second-order valence-electron chi connectivity index (χ2n) is 11.7. The van der Waals surface area contributed by atoms with Crippen LogP contribution in [0.5, 0.6) is 5.75 Å². The topological polar surface area (TPSA) is 68.2 Å². The average molecular weight is 554 g/mol. The first-order valence-electron chi connectivity index (χ1n) is 14.3. The molecule has 4 aromatic carbocycles. The summed E-state index contributed by atoms with van der Waals surface area (Å²) in [5.74, 6) is 0.895. The minimum atomic E-state index is -0.568. The monoisotopic (exact) mass is 553 g/mol. The lowest BCUT2D eigenvalue weighted by Crippen LogP contribution is -2.48. The van der Waals surface area contributed by atoms with E-state index >= 15 is 0 Å². The Bertz CT molecular complexity index is 1460. The highest BCUT2D eigenvalue weighted by molar-refractivity contribution is 5.89. The molecule has 1 N–H and O–H groups in total. The third kappa shape index (κ3) is 7.46. The maximum Gasteiger partial charge on any atom is 0.410 e. The van der Waals surface area contributed by atoms with Crippen molar-refractivity contribution in [3.63, 3.8) is 0 Å². The van der Waals surface area contributed by atoms with Gasteiger partial charge in [-0.25, -0.2) is 4.79 Å². The number of carbonyl (C=O) groups excluding carboxylic acids is 1. The van der Waals surface area contributed by atoms with Crippen LogP contribution in [0.2, 0.25) is 0 Å². The van der Waals surface area contributed by atoms with Crippen LogP contribution >= 0.6 is 0 Å². The summed E-state index contributed by atoms with van der Waals surface area (Å²) in [5, 5.41) is 11.9. The smallest absolute Gasteiger partial charge is 0.410 e. The van der Waals surface area contributed by atoms with Crippen LogP contribution in [0.15, 0.2) is 91.0 Å². The lowest BCUT2D eigenvalue weighted by molar-refractivity contribution is -0.0359. The molecule has 1 aliphatic heterocycles. The van der Waals surface area contributed by atoms with Gasteiger partial charge in [-0.05, 0) is 67.0 Å². The number of benzene rings is 4. The molecule has 1 saturated heterocycles. The predicted molar refractivity (Wildman–Crippen MR) is 161 cm³/mol. The molecule has 4 aromatic rings. The minimum Gasteiger partial charge on any atom is -0.488 e. The number of ether oxygens (including phenoxy) is 3. The molecule has 0 bridgehead atoms. The van der Waals surface area contributed by atoms with Gasteiger partial charge in [0.15, 0.2) is 0 Å². The molecule has 5 rings (SSSR count). The van der Waals surface area contributed by atoms with E-state index < -0.39 is 5.60 Å². The van der Waals surface area contributed by atoms with Crippen molar-refractivity contribution in [3.05, 3.63) is 113 Å². The average Bonchev–Trinajstić information content (AvgIpc) is 2.98. The first kappa shape index (κ1) is 28.7. The standard InChI is InChI=1S/C35H39NO5/c1-35(2,3)41-34(38)36-17-16-31(29-14-9-12-26(18-29)22-37)33(21-36)40-24-27-19-28-13-7-8-15-30(28)32(20-27)39-23-25-10-5-4-6-11-25/h4-15,18-20,31,33,37H,16-17,21-24H2,1-3H3. The number of aliphatic hydroxyl groups excluding tert-OH is 1. The summed E-state index contributed by atoms with van der Waals surface area (Å²) in [7, 11) is 0. The van der Waals surface area contributed by atoms with Crippen LogP contribution in [0.3, 0.4) is 0 Å². The van der Waals surface area contributed by atoms with Gasteiger partial charge in [0.25, 0.3) is 0 Å². The highest BCUT2D eigenvalue weighted by Gasteiger charge is 2.35. The molecule has 6 nitrogen and oxygen atoms in total. The summed E-state index contributed by atoms with van der Waals surface area (Å²) >= 11 is 0. The third-order valence-corrected chi connectivity index (χ3v) is 7.36. The van der Waals surface area contributed by atoms with Crippen LogP contribution < -0.4 is 4.74 Å². The van der Waals surface area contributed by atoms with Crippen molar-refractivity contribution in [3.8, 4) is 5.75 Å². The van der Waals surface area contributed by atoms with E-state index in [1.807, 2.05) is 69.3 Å². The molecule has 2 atom stereocenters. The fourth-order valence-corrected chi connectivity index (χ4v) is 5.36. The Morgan fingerprint density at radius 2 is 1.63 bits per heavy atom. The number of nitrogens with zero attached hydrogens (tertiary/aromatic N) is 1. The van der Waals surface area contributed by atoms with Crippen molar-refractivity contribution in [1.29, 1.82) is 0 Å². The van der Waals surface area contributed by atoms with Gasteiger partial charge in [-0.2, -0.15) is 0 Å². The zero-order chi connectivity index (χ0) is 28.8. The van der Waals surface area contributed by atoms with E-state index in [1.54, 1.807) is 4.90 Å². The minimum absolute atomic E-state index is 0.0149. The fourth-order valence-electron chi connectivity index (χ4n) is 5.36. The Hall–Kier alpha value is -3.87. The third-order valence-electron chi connectivity index (χ3n) is 7.36. The number of fused-ring (bicyclic) bond motifs is 1. The van der Waals surface area contributed by atoms with Crippen molar-refractivity contribution < 1.29 is 24.1 Å². The van der Waals surface area contributed by atoms with E-state index in [4.69, 9.17) is 14.2 Å². The van der Waals surface area contributed by atoms with Gasteiger partial charge in [0, 0.05) is 17.8 Å². The molecule has 1 fully saturated rings. The second kappa shape index (κ2) is 12.8. The van der Waals surface area contributed by atoms with Crippen LogP contribution in [0.25, 0.3) is 10.8 Å². The lowest BCUT2D eigenvalue weighted by Gasteiger charge is -2.39. The van der Waals surface area contributed by atoms with Gasteiger partial charge in [0.1, 0.15) is 18.0 Å². The molecule has 214 valence electrons. The van der Waals surface area contributed by atoms with Crippen molar-refractivity contribution in [2.75, 3.05) is 13.1 Å². The molecule has 41 heavy (non-hydrogen) atoms. The predicted octanol–water partition coefficient (Wildman–Crippen LogP) is 7.22. The van der Waals surface area contributed by atoms with Crippen LogP contribution in [-0.4, -0.2) is 40.9 Å². The number of hydrogen-bond donors (Lipinski definition) is 1. The normalized spacial score (nSPS) is 17.4. The summed E-state index contributed by atoms with van der Waals surface area (Å²) in [6, 6.07) is 30.5. The Balaban J connectivity index is 1.38. The van der Waals surface area contributed by atoms with Gasteiger partial charge in [0.2, 0.25) is 0 Å². The van der Waals surface area contributed by atoms with E-state index in [1.165, 1.54) is 0 Å². The van der Waals surface area contributed by atoms with Gasteiger partial charge < -0.3 is 24.2 Å². The molecule has 1 heterocycles. The number of amides is 1. The number of likely N-dealkylation sites (tertiary alicyclic amines) is 1. The Labute approximate surface area is 242 Å². The number of carbonyl (C=O) groups is 1. The molecule has 0 spiro atoms. The summed E-state index contributed by atoms with van der Waals surface area (Å²) in [6.07, 6.45) is 0.170. The van der Waals surface area contributed by atoms with Gasteiger partial charge in [-0.3, -0.25) is 0 Å². The number of rotatable bonds is 8. The van der Waals surface area contributed by atoms with Crippen LogP contribution in [0.4, 0.5) is 4.79 Å². The maximum atomic E-state index is 13.0. The second-order valence-corrected chi connectivity index (χ2v) is 11.7. The van der Waals surface area contributed by atoms with E-state index in [0.717, 1.165) is 45.2 Å². The SMILES string of the molecule is CC(C)(C)OC(=O)N1CCC(c2cccc(CO)c2)C(OCc2cc(OCc3ccccc3)c3ccccc3c2)C1. The molecule has 0 saturated carbocycles. The van der Waals surface area contributed by atoms with Gasteiger partial charge in [0.05, 0.1) is 25.9 Å². The first-order chi connectivity index (χ1) is 19.8. The molecule has 0 aliphatic carbocycles. The van der Waals surface area contributed by atoms with Gasteiger partial charge in [-0.15, -0.1) is 0 Å². The summed E-state index contributed by atoms with van der Waals surface area (Å²) in [6.45, 7) is 7.47. The zero-order valence-electron chi connectivity index (χ0n) is 24.1. The van der Waals surface area contributed by atoms with E-state index in [2.05, 4.69) is 42.5 Å². The Kier molecular flexibility index (Phi) is 8.91. The molecular formula is C35H39NO5. The largest absolute Gasteiger partial charge is 0.488 e. The van der Waals surface area contributed by atoms with E-state index in [0.29, 0.717) is 26.3 Å². The van der Waals surface area contributed by atoms with Crippen molar-refractivity contribution in [2.24, 2.45) is 0 Å². The summed E-state index contributed by atoms with van der Waals surface area (Å²) < 4.78 is 18.6. The molecule has 1 aliphatic rings. The Morgan fingerprint density at radius 3 is 2.41 bits per heavy atom. The van der Waals surface area contributed by atoms with Gasteiger partial charge in [-0.1, -0.05) is 78.9 Å². The highest BCUT2D eigenvalue weighted by Crippen LogP contribution is 2.34. The van der Waals surface area contributed by atoms with Crippen LogP contribution in [0, 0.1) is 0 Å². The molecule has 6 heteroatoms. The number of hydrogen-bond acceptors (Lipinski definition) is 5. The van der Waals surface area contributed by atoms with E-state index in [-0.39, 0.29) is 24.7 Å². The molecule has 2 unspecified atom stereocenters. The molecular weight excluding hydrogens is 514 g/mol. The van der Waals surface area contributed by atoms with Gasteiger partial charge >= 0.3 is 6.09 Å². The summed E-state index contributed by atoms with van der Waals surface area (Å²) in [4.78, 5) is 14.7. The summed E-state index contributed by atoms with van der Waals surface area (Å²) in [5.41, 5.74) is 3.52. The zero-order valence-corrected chi connectivity index (χ0v) is 24.1. The van der Waals surface area contributed by atoms with E-state index in [9.17, 15) is 9.90 Å². The van der Waals surface area contributed by atoms with Crippen molar-refractivity contribution in [2.45, 2.75) is 64.6 Å². The molecule has 1 amide bonds. The first-order valence-corrected chi connectivity index (χ1v) is 14.3. The van der Waals surface area contributed by atoms with Crippen LogP contribution in [-0.2, 0) is 29.3 Å². The van der Waals surface area contributed by atoms with Crippen molar-refractivity contribution >= 4 is 16.9 Å². The van der Waals surface area contributed by atoms with Crippen LogP contribution in [0.1, 0.15) is 55.4 Å². The Morgan fingerprint density at radius 1 is 0.878 bits per heavy atom. The van der Waals surface area contributed by atoms with Crippen molar-refractivity contribution in [1.82, 2.24) is 4.90 Å². The number of aliphatic hydroxyl groups is 1. The maximum absolute atomic E-state index is 13.0. The fraction of sp³-hybridized carbons (Fsp3) is 0.343. The number of piperidine rings is 1. The lowest BCUT2D eigenvalue weighted by atomic mass is 9.86. The highest BCUT2D eigenvalue weighted by atomic mass is 16.6. The quantitative estimate of drug-likeness (QED) is 0.250. The molecule has 0 aromatic heterocycles.